The Hall–Kier alpha value is -3.13. The van der Waals surface area contributed by atoms with Gasteiger partial charge in [0.15, 0.2) is 0 Å². The number of hydrogen-bond acceptors (Lipinski definition) is 12. The summed E-state index contributed by atoms with van der Waals surface area (Å²) >= 11 is 0. The number of amides is 2. The molecule has 0 bridgehead atoms. The molecule has 0 aromatic carbocycles. The molecule has 1 aliphatic heterocycles. The lowest BCUT2D eigenvalue weighted by Crippen LogP contribution is -2.52. The Morgan fingerprint density at radius 3 is 2.00 bits per heavy atom. The number of esters is 1. The summed E-state index contributed by atoms with van der Waals surface area (Å²) in [5, 5.41) is 12.4. The van der Waals surface area contributed by atoms with Crippen LogP contribution in [0.15, 0.2) is 0 Å². The average Bonchev–Trinajstić information content (AvgIpc) is 3.12. The van der Waals surface area contributed by atoms with E-state index in [0.717, 1.165) is 19.3 Å². The lowest BCUT2D eigenvalue weighted by molar-refractivity contribution is -0.145. The Morgan fingerprint density at radius 2 is 1.43 bits per heavy atom. The first-order chi connectivity index (χ1) is 24.6. The molecule has 15 nitrogen and oxygen atoms in total. The standard InChI is InChI=1S/C36H62N4O11/c1-5-8-10-30(35(44)45)27-31(41)28-39(29-33(42)37-32(11-9-6-2)36(46)47-4)14-13-38-15-17-40(18-16-38)34(43)12-20-49-22-24-51-26-25-50-23-21-48-19-7-3/h3,30,32H,5-6,8-29H2,1-2,4H3,(H,37,42)(H,44,45)/t30-,32+/m1/s1. The Balaban J connectivity index is 2.53. The van der Waals surface area contributed by atoms with Gasteiger partial charge < -0.3 is 39.0 Å². The number of unbranched alkanes of at least 4 members (excludes halogenated alkanes) is 2. The lowest BCUT2D eigenvalue weighted by atomic mass is 9.96. The van der Waals surface area contributed by atoms with E-state index in [1.165, 1.54) is 7.11 Å². The van der Waals surface area contributed by atoms with Gasteiger partial charge in [0.1, 0.15) is 18.4 Å². The summed E-state index contributed by atoms with van der Waals surface area (Å²) in [6.45, 7) is 10.1. The smallest absolute Gasteiger partial charge is 0.328 e. The number of carboxylic acid groups (broad SMARTS) is 1. The van der Waals surface area contributed by atoms with Crippen molar-refractivity contribution < 1.29 is 52.8 Å². The number of carboxylic acids is 1. The minimum atomic E-state index is -0.997. The highest BCUT2D eigenvalue weighted by atomic mass is 16.6. The van der Waals surface area contributed by atoms with Gasteiger partial charge in [0.2, 0.25) is 11.8 Å². The van der Waals surface area contributed by atoms with Gasteiger partial charge in [-0.25, -0.2) is 4.79 Å². The second kappa shape index (κ2) is 29.4. The molecule has 1 aliphatic rings. The third-order valence-electron chi connectivity index (χ3n) is 8.38. The van der Waals surface area contributed by atoms with Gasteiger partial charge in [0.05, 0.1) is 78.8 Å². The zero-order valence-electron chi connectivity index (χ0n) is 31.1. The van der Waals surface area contributed by atoms with Crippen LogP contribution in [0.3, 0.4) is 0 Å². The van der Waals surface area contributed by atoms with E-state index in [9.17, 15) is 29.1 Å². The molecular weight excluding hydrogens is 664 g/mol. The molecule has 2 atom stereocenters. The SMILES string of the molecule is C#CCOCCOCCOCCOCCC(=O)N1CCN(CCN(CC(=O)C[C@@H](CCCC)C(=O)O)CC(=O)N[C@@H](CCCC)C(=O)OC)CC1. The van der Waals surface area contributed by atoms with E-state index in [2.05, 4.69) is 16.1 Å². The number of Topliss-reactive ketones (excluding diaryl/α,β-unsaturated/α-hetero) is 1. The van der Waals surface area contributed by atoms with Crippen LogP contribution in [-0.4, -0.2) is 168 Å². The topological polar surface area (TPSA) is 173 Å². The van der Waals surface area contributed by atoms with Crippen molar-refractivity contribution in [1.29, 1.82) is 0 Å². The quantitative estimate of drug-likeness (QED) is 0.0594. The fraction of sp³-hybridized carbons (Fsp3) is 0.806. The van der Waals surface area contributed by atoms with Crippen LogP contribution in [0.1, 0.15) is 65.2 Å². The number of piperazine rings is 1. The number of methoxy groups -OCH3 is 1. The third kappa shape index (κ3) is 22.4. The van der Waals surface area contributed by atoms with Crippen LogP contribution in [0, 0.1) is 18.3 Å². The van der Waals surface area contributed by atoms with E-state index in [1.54, 1.807) is 9.80 Å². The van der Waals surface area contributed by atoms with Crippen molar-refractivity contribution in [3.05, 3.63) is 0 Å². The van der Waals surface area contributed by atoms with Gasteiger partial charge in [0, 0.05) is 45.7 Å². The lowest BCUT2D eigenvalue weighted by Gasteiger charge is -2.36. The first-order valence-corrected chi connectivity index (χ1v) is 18.2. The molecule has 15 heteroatoms. The van der Waals surface area contributed by atoms with Crippen molar-refractivity contribution in [1.82, 2.24) is 20.0 Å². The van der Waals surface area contributed by atoms with Gasteiger partial charge in [0.25, 0.3) is 0 Å². The Morgan fingerprint density at radius 1 is 0.843 bits per heavy atom. The number of ether oxygens (including phenoxy) is 5. The van der Waals surface area contributed by atoms with Crippen LogP contribution in [0.2, 0.25) is 0 Å². The van der Waals surface area contributed by atoms with E-state index >= 15 is 0 Å². The van der Waals surface area contributed by atoms with E-state index in [4.69, 9.17) is 30.1 Å². The number of hydrogen-bond donors (Lipinski definition) is 2. The van der Waals surface area contributed by atoms with Crippen molar-refractivity contribution in [2.45, 2.75) is 71.3 Å². The molecule has 292 valence electrons. The molecule has 0 spiro atoms. The maximum absolute atomic E-state index is 13.1. The number of nitrogens with zero attached hydrogens (tertiary/aromatic N) is 3. The minimum Gasteiger partial charge on any atom is -0.481 e. The second-order valence-electron chi connectivity index (χ2n) is 12.5. The highest BCUT2D eigenvalue weighted by Gasteiger charge is 2.26. The number of rotatable bonds is 31. The van der Waals surface area contributed by atoms with Gasteiger partial charge in [-0.1, -0.05) is 45.5 Å². The van der Waals surface area contributed by atoms with Crippen molar-refractivity contribution in [3.8, 4) is 12.3 Å². The summed E-state index contributed by atoms with van der Waals surface area (Å²) in [6.07, 6.45) is 9.24. The second-order valence-corrected chi connectivity index (χ2v) is 12.5. The van der Waals surface area contributed by atoms with Crippen molar-refractivity contribution in [2.75, 3.05) is 112 Å². The molecule has 0 radical (unpaired) electrons. The number of carbonyl (C=O) groups excluding carboxylic acids is 4. The molecule has 1 heterocycles. The number of ketones is 1. The predicted molar refractivity (Wildman–Crippen MR) is 190 cm³/mol. The highest BCUT2D eigenvalue weighted by Crippen LogP contribution is 2.14. The first-order valence-electron chi connectivity index (χ1n) is 18.2. The van der Waals surface area contributed by atoms with Crippen LogP contribution < -0.4 is 5.32 Å². The molecular formula is C36H62N4O11. The largest absolute Gasteiger partial charge is 0.481 e. The minimum absolute atomic E-state index is 0.0132. The fourth-order valence-electron chi connectivity index (χ4n) is 5.42. The molecule has 1 fully saturated rings. The first kappa shape index (κ1) is 45.9. The zero-order chi connectivity index (χ0) is 37.7. The predicted octanol–water partition coefficient (Wildman–Crippen LogP) is 1.22. The van der Waals surface area contributed by atoms with Gasteiger partial charge in [-0.15, -0.1) is 6.42 Å². The molecule has 1 saturated heterocycles. The van der Waals surface area contributed by atoms with E-state index in [0.29, 0.717) is 105 Å². The Labute approximate surface area is 304 Å². The van der Waals surface area contributed by atoms with Gasteiger partial charge in [-0.2, -0.15) is 0 Å². The van der Waals surface area contributed by atoms with Crippen molar-refractivity contribution in [2.24, 2.45) is 5.92 Å². The number of nitrogens with one attached hydrogen (secondary N) is 1. The molecule has 0 aromatic heterocycles. The third-order valence-corrected chi connectivity index (χ3v) is 8.38. The summed E-state index contributed by atoms with van der Waals surface area (Å²) in [4.78, 5) is 68.5. The maximum atomic E-state index is 13.1. The number of aliphatic carboxylic acids is 1. The monoisotopic (exact) mass is 726 g/mol. The molecule has 1 rings (SSSR count). The molecule has 51 heavy (non-hydrogen) atoms. The molecule has 0 aromatic rings. The van der Waals surface area contributed by atoms with E-state index < -0.39 is 29.8 Å². The van der Waals surface area contributed by atoms with Crippen LogP contribution >= 0.6 is 0 Å². The molecule has 2 N–H and O–H groups in total. The summed E-state index contributed by atoms with van der Waals surface area (Å²) in [5.74, 6) is -0.552. The van der Waals surface area contributed by atoms with Gasteiger partial charge in [-0.05, 0) is 12.8 Å². The van der Waals surface area contributed by atoms with Crippen LogP contribution in [0.5, 0.6) is 0 Å². The fourth-order valence-corrected chi connectivity index (χ4v) is 5.42. The summed E-state index contributed by atoms with van der Waals surface area (Å²) < 4.78 is 26.3. The van der Waals surface area contributed by atoms with Gasteiger partial charge >= 0.3 is 11.9 Å². The number of carbonyl (C=O) groups is 5. The van der Waals surface area contributed by atoms with Crippen molar-refractivity contribution in [3.63, 3.8) is 0 Å². The van der Waals surface area contributed by atoms with Crippen LogP contribution in [0.4, 0.5) is 0 Å². The summed E-state index contributed by atoms with van der Waals surface area (Å²) in [6, 6.07) is -0.781. The average molecular weight is 727 g/mol. The molecule has 0 unspecified atom stereocenters. The van der Waals surface area contributed by atoms with E-state index in [1.807, 2.05) is 13.8 Å². The van der Waals surface area contributed by atoms with Crippen LogP contribution in [-0.2, 0) is 47.7 Å². The molecule has 2 amide bonds. The molecule has 0 aliphatic carbocycles. The normalized spacial score (nSPS) is 14.5. The van der Waals surface area contributed by atoms with Gasteiger partial charge in [-0.3, -0.25) is 29.0 Å². The Kier molecular flexibility index (Phi) is 26.5. The Bertz CT molecular complexity index is 1050. The summed E-state index contributed by atoms with van der Waals surface area (Å²) in [7, 11) is 1.27. The molecule has 0 saturated carbocycles. The van der Waals surface area contributed by atoms with Crippen LogP contribution in [0.25, 0.3) is 0 Å². The zero-order valence-corrected chi connectivity index (χ0v) is 31.1. The van der Waals surface area contributed by atoms with Crippen molar-refractivity contribution >= 4 is 29.5 Å². The summed E-state index contributed by atoms with van der Waals surface area (Å²) in [5.41, 5.74) is 0. The highest BCUT2D eigenvalue weighted by molar-refractivity contribution is 5.87. The van der Waals surface area contributed by atoms with E-state index in [-0.39, 0.29) is 44.2 Å². The number of terminal acetylenes is 1. The maximum Gasteiger partial charge on any atom is 0.328 e.